The van der Waals surface area contributed by atoms with E-state index in [1.165, 1.54) is 0 Å². The molecule has 1 aliphatic heterocycles. The summed E-state index contributed by atoms with van der Waals surface area (Å²) in [5.41, 5.74) is -0.433. The fraction of sp³-hybridized carbons (Fsp3) is 0.455. The second-order valence-electron chi connectivity index (χ2n) is 3.84. The molecule has 0 amide bonds. The van der Waals surface area contributed by atoms with Gasteiger partial charge in [-0.3, -0.25) is 4.98 Å². The first kappa shape index (κ1) is 14.7. The number of carboxylic acid groups (broad SMARTS) is 1. The molecule has 17 heavy (non-hydrogen) atoms. The van der Waals surface area contributed by atoms with Crippen LogP contribution in [0.1, 0.15) is 18.5 Å². The van der Waals surface area contributed by atoms with Gasteiger partial charge in [0.05, 0.1) is 17.1 Å². The van der Waals surface area contributed by atoms with Crippen LogP contribution in [-0.2, 0) is 14.9 Å². The Labute approximate surface area is 120 Å². The number of carboxylic acids is 1. The number of pyridine rings is 1. The summed E-state index contributed by atoms with van der Waals surface area (Å²) in [6.45, 7) is 0.872. The smallest absolute Gasteiger partial charge is 0.549 e. The second-order valence-corrected chi connectivity index (χ2v) is 4.76. The molecule has 0 aromatic carbocycles. The molecule has 1 aliphatic rings. The predicted molar refractivity (Wildman–Crippen MR) is 58.7 cm³/mol. The van der Waals surface area contributed by atoms with Gasteiger partial charge < -0.3 is 14.6 Å². The van der Waals surface area contributed by atoms with Crippen molar-refractivity contribution in [2.75, 3.05) is 13.2 Å². The molecule has 0 bridgehead atoms. The van der Waals surface area contributed by atoms with Crippen LogP contribution in [-0.4, -0.2) is 24.2 Å². The Morgan fingerprint density at radius 1 is 1.41 bits per heavy atom. The minimum atomic E-state index is -1.06. The van der Waals surface area contributed by atoms with Crippen molar-refractivity contribution in [1.82, 2.24) is 4.98 Å². The summed E-state index contributed by atoms with van der Waals surface area (Å²) in [4.78, 5) is 15.5. The molecule has 0 spiro atoms. The van der Waals surface area contributed by atoms with Gasteiger partial charge in [0.25, 0.3) is 0 Å². The van der Waals surface area contributed by atoms with Gasteiger partial charge in [-0.1, -0.05) is 0 Å². The van der Waals surface area contributed by atoms with Crippen molar-refractivity contribution >= 4 is 21.9 Å². The number of carbonyl (C=O) groups is 1. The molecular weight excluding hydrogens is 281 g/mol. The van der Waals surface area contributed by atoms with Crippen molar-refractivity contribution in [1.29, 1.82) is 0 Å². The normalized spacial score (nSPS) is 18.2. The number of ether oxygens (including phenoxy) is 1. The molecule has 1 aromatic heterocycles. The van der Waals surface area contributed by atoms with Gasteiger partial charge in [0.15, 0.2) is 0 Å². The number of aliphatic carboxylic acids is 1. The third kappa shape index (κ3) is 2.91. The molecule has 1 aromatic rings. The zero-order valence-electron chi connectivity index (χ0n) is 9.61. The Morgan fingerprint density at radius 3 is 2.53 bits per heavy atom. The molecule has 2 heterocycles. The molecule has 86 valence electrons. The molecule has 0 saturated carbocycles. The molecular formula is C11H11BrLiNO3. The minimum Gasteiger partial charge on any atom is -0.549 e. The van der Waals surface area contributed by atoms with E-state index in [1.807, 2.05) is 0 Å². The van der Waals surface area contributed by atoms with Crippen LogP contribution in [0.2, 0.25) is 0 Å². The van der Waals surface area contributed by atoms with Crippen LogP contribution >= 0.6 is 15.9 Å². The fourth-order valence-corrected chi connectivity index (χ4v) is 2.18. The Hall–Kier alpha value is -0.343. The Bertz CT molecular complexity index is 390. The topological polar surface area (TPSA) is 62.2 Å². The number of rotatable bonds is 2. The number of nitrogens with zero attached hydrogens (tertiary/aromatic N) is 1. The van der Waals surface area contributed by atoms with E-state index in [1.54, 1.807) is 18.3 Å². The molecule has 0 unspecified atom stereocenters. The van der Waals surface area contributed by atoms with Crippen molar-refractivity contribution in [3.8, 4) is 0 Å². The van der Waals surface area contributed by atoms with Crippen LogP contribution in [0.5, 0.6) is 0 Å². The summed E-state index contributed by atoms with van der Waals surface area (Å²) in [7, 11) is 0. The molecule has 2 rings (SSSR count). The largest absolute Gasteiger partial charge is 1.00 e. The molecule has 0 radical (unpaired) electrons. The van der Waals surface area contributed by atoms with Crippen molar-refractivity contribution in [3.05, 3.63) is 28.5 Å². The van der Waals surface area contributed by atoms with Crippen LogP contribution in [0.15, 0.2) is 22.8 Å². The van der Waals surface area contributed by atoms with Crippen molar-refractivity contribution < 1.29 is 33.5 Å². The van der Waals surface area contributed by atoms with Gasteiger partial charge in [0.2, 0.25) is 0 Å². The molecule has 4 nitrogen and oxygen atoms in total. The maximum Gasteiger partial charge on any atom is 1.00 e. The Kier molecular flexibility index (Phi) is 5.20. The zero-order valence-corrected chi connectivity index (χ0v) is 11.2. The van der Waals surface area contributed by atoms with Gasteiger partial charge in [-0.05, 0) is 40.9 Å². The van der Waals surface area contributed by atoms with E-state index in [0.717, 1.165) is 4.47 Å². The maximum absolute atomic E-state index is 11.3. The van der Waals surface area contributed by atoms with Gasteiger partial charge in [-0.25, -0.2) is 0 Å². The van der Waals surface area contributed by atoms with Crippen molar-refractivity contribution in [2.24, 2.45) is 0 Å². The predicted octanol–water partition coefficient (Wildman–Crippen LogP) is -2.35. The van der Waals surface area contributed by atoms with E-state index in [9.17, 15) is 9.90 Å². The number of hydrogen-bond acceptors (Lipinski definition) is 4. The summed E-state index contributed by atoms with van der Waals surface area (Å²) in [5.74, 6) is -1.06. The average Bonchev–Trinajstić information content (AvgIpc) is 2.30. The monoisotopic (exact) mass is 291 g/mol. The van der Waals surface area contributed by atoms with E-state index < -0.39 is 11.4 Å². The Balaban J connectivity index is 0.00000144. The summed E-state index contributed by atoms with van der Waals surface area (Å²) < 4.78 is 6.02. The molecule has 0 aliphatic carbocycles. The number of carbonyl (C=O) groups excluding carboxylic acids is 1. The molecule has 1 saturated heterocycles. The van der Waals surface area contributed by atoms with Gasteiger partial charge in [-0.15, -0.1) is 0 Å². The van der Waals surface area contributed by atoms with E-state index in [2.05, 4.69) is 20.9 Å². The second kappa shape index (κ2) is 6.01. The standard InChI is InChI=1S/C11H12BrNO3.Li/c12-8-1-2-9(13-7-8)11(10(14)15)3-5-16-6-4-11;/h1-2,7H,3-6H2,(H,14,15);/q;+1/p-1. The van der Waals surface area contributed by atoms with Gasteiger partial charge >= 0.3 is 18.9 Å². The molecule has 0 N–H and O–H groups in total. The van der Waals surface area contributed by atoms with Crippen LogP contribution < -0.4 is 24.0 Å². The summed E-state index contributed by atoms with van der Waals surface area (Å²) >= 11 is 3.27. The van der Waals surface area contributed by atoms with Crippen molar-refractivity contribution in [2.45, 2.75) is 18.3 Å². The van der Waals surface area contributed by atoms with Crippen LogP contribution in [0.4, 0.5) is 0 Å². The first-order chi connectivity index (χ1) is 7.65. The van der Waals surface area contributed by atoms with Gasteiger partial charge in [-0.2, -0.15) is 0 Å². The third-order valence-corrected chi connectivity index (χ3v) is 3.42. The first-order valence-corrected chi connectivity index (χ1v) is 5.86. The molecule has 1 fully saturated rings. The van der Waals surface area contributed by atoms with Crippen LogP contribution in [0.3, 0.4) is 0 Å². The fourth-order valence-electron chi connectivity index (χ4n) is 1.94. The van der Waals surface area contributed by atoms with E-state index >= 15 is 0 Å². The molecule has 6 heteroatoms. The van der Waals surface area contributed by atoms with E-state index in [0.29, 0.717) is 31.7 Å². The third-order valence-electron chi connectivity index (χ3n) is 2.95. The van der Waals surface area contributed by atoms with Gasteiger partial charge in [0.1, 0.15) is 0 Å². The van der Waals surface area contributed by atoms with E-state index in [-0.39, 0.29) is 18.9 Å². The summed E-state index contributed by atoms with van der Waals surface area (Å²) in [6.07, 6.45) is 2.45. The van der Waals surface area contributed by atoms with Crippen LogP contribution in [0.25, 0.3) is 0 Å². The van der Waals surface area contributed by atoms with E-state index in [4.69, 9.17) is 4.74 Å². The zero-order chi connectivity index (χ0) is 11.6. The molecule has 0 atom stereocenters. The maximum atomic E-state index is 11.3. The number of aromatic nitrogens is 1. The number of halogens is 1. The average molecular weight is 292 g/mol. The summed E-state index contributed by atoms with van der Waals surface area (Å²) in [6, 6.07) is 3.52. The number of hydrogen-bond donors (Lipinski definition) is 0. The first-order valence-electron chi connectivity index (χ1n) is 5.06. The van der Waals surface area contributed by atoms with Gasteiger partial charge in [0, 0.05) is 23.9 Å². The van der Waals surface area contributed by atoms with Crippen LogP contribution in [0, 0.1) is 0 Å². The SMILES string of the molecule is O=C([O-])C1(c2ccc(Br)cn2)CCOCC1.[Li+]. The summed E-state index contributed by atoms with van der Waals surface area (Å²) in [5, 5.41) is 11.3. The minimum absolute atomic E-state index is 0. The van der Waals surface area contributed by atoms with Crippen molar-refractivity contribution in [3.63, 3.8) is 0 Å². The Morgan fingerprint density at radius 2 is 2.06 bits per heavy atom. The quantitative estimate of drug-likeness (QED) is 0.573.